The molecular formula is C18H21NO. The van der Waals surface area contributed by atoms with Crippen LogP contribution >= 0.6 is 0 Å². The minimum atomic E-state index is 0.397. The number of hydrogen-bond donors (Lipinski definition) is 1. The number of fused-ring (bicyclic) bond motifs is 1. The zero-order chi connectivity index (χ0) is 13.8. The molecule has 104 valence electrons. The Balaban J connectivity index is 1.54. The van der Waals surface area contributed by atoms with Crippen LogP contribution in [-0.4, -0.2) is 19.7 Å². The molecular weight excluding hydrogens is 246 g/mol. The molecule has 2 unspecified atom stereocenters. The Morgan fingerprint density at radius 1 is 1.10 bits per heavy atom. The second-order valence-corrected chi connectivity index (χ2v) is 5.45. The Bertz CT molecular complexity index is 552. The van der Waals surface area contributed by atoms with Crippen molar-refractivity contribution in [3.05, 3.63) is 65.7 Å². The predicted molar refractivity (Wildman–Crippen MR) is 82.3 cm³/mol. The number of rotatable bonds is 6. The highest BCUT2D eigenvalue weighted by atomic mass is 16.5. The van der Waals surface area contributed by atoms with Crippen molar-refractivity contribution in [3.63, 3.8) is 0 Å². The van der Waals surface area contributed by atoms with Crippen molar-refractivity contribution in [2.24, 2.45) is 0 Å². The first-order chi connectivity index (χ1) is 9.86. The van der Waals surface area contributed by atoms with Gasteiger partial charge < -0.3 is 10.1 Å². The maximum Gasteiger partial charge on any atom is 0.119 e. The summed E-state index contributed by atoms with van der Waals surface area (Å²) in [6, 6.07) is 19.2. The van der Waals surface area contributed by atoms with Gasteiger partial charge in [0.2, 0.25) is 0 Å². The smallest absolute Gasteiger partial charge is 0.119 e. The van der Waals surface area contributed by atoms with Crippen LogP contribution in [0, 0.1) is 0 Å². The van der Waals surface area contributed by atoms with Crippen LogP contribution in [0.2, 0.25) is 0 Å². The number of benzene rings is 2. The van der Waals surface area contributed by atoms with Crippen molar-refractivity contribution in [1.82, 2.24) is 5.32 Å². The molecule has 0 heterocycles. The number of ether oxygens (including phenoxy) is 1. The van der Waals surface area contributed by atoms with E-state index >= 15 is 0 Å². The van der Waals surface area contributed by atoms with Crippen molar-refractivity contribution >= 4 is 0 Å². The second-order valence-electron chi connectivity index (χ2n) is 5.45. The van der Waals surface area contributed by atoms with Gasteiger partial charge in [0.15, 0.2) is 0 Å². The molecule has 0 saturated heterocycles. The third-order valence-corrected chi connectivity index (χ3v) is 4.13. The Kier molecular flexibility index (Phi) is 4.03. The molecule has 0 aromatic heterocycles. The van der Waals surface area contributed by atoms with E-state index in [4.69, 9.17) is 4.74 Å². The first kappa shape index (κ1) is 13.2. The highest BCUT2D eigenvalue weighted by Crippen LogP contribution is 2.37. The van der Waals surface area contributed by atoms with Crippen LogP contribution in [0.5, 0.6) is 5.75 Å². The normalized spacial score (nSPS) is 17.9. The van der Waals surface area contributed by atoms with E-state index in [-0.39, 0.29) is 0 Å². The summed E-state index contributed by atoms with van der Waals surface area (Å²) in [7, 11) is 2.02. The van der Waals surface area contributed by atoms with Gasteiger partial charge in [0, 0.05) is 6.04 Å². The molecule has 2 aromatic rings. The van der Waals surface area contributed by atoms with Gasteiger partial charge in [-0.3, -0.25) is 0 Å². The second kappa shape index (κ2) is 6.10. The summed E-state index contributed by atoms with van der Waals surface area (Å²) in [6.07, 6.45) is 2.35. The van der Waals surface area contributed by atoms with E-state index in [1.807, 2.05) is 37.4 Å². The van der Waals surface area contributed by atoms with E-state index in [2.05, 4.69) is 29.6 Å². The Labute approximate surface area is 120 Å². The maximum atomic E-state index is 5.85. The number of nitrogens with one attached hydrogen (secondary N) is 1. The molecule has 0 amide bonds. The number of likely N-dealkylation sites (N-methyl/N-ethyl adjacent to an activating group) is 1. The lowest BCUT2D eigenvalue weighted by atomic mass is 9.74. The van der Waals surface area contributed by atoms with Gasteiger partial charge in [-0.05, 0) is 49.1 Å². The molecule has 0 aliphatic heterocycles. The predicted octanol–water partition coefficient (Wildman–Crippen LogP) is 3.38. The van der Waals surface area contributed by atoms with Gasteiger partial charge in [-0.25, -0.2) is 0 Å². The molecule has 0 spiro atoms. The summed E-state index contributed by atoms with van der Waals surface area (Å²) in [5.41, 5.74) is 3.03. The summed E-state index contributed by atoms with van der Waals surface area (Å²) < 4.78 is 5.85. The molecule has 2 atom stereocenters. The molecule has 3 rings (SSSR count). The highest BCUT2D eigenvalue weighted by Gasteiger charge is 2.27. The first-order valence-electron chi connectivity index (χ1n) is 7.29. The minimum absolute atomic E-state index is 0.397. The third kappa shape index (κ3) is 2.86. The van der Waals surface area contributed by atoms with Crippen molar-refractivity contribution in [1.29, 1.82) is 0 Å². The molecule has 20 heavy (non-hydrogen) atoms. The van der Waals surface area contributed by atoms with Gasteiger partial charge in [-0.15, -0.1) is 0 Å². The zero-order valence-electron chi connectivity index (χ0n) is 11.9. The van der Waals surface area contributed by atoms with Crippen LogP contribution in [0.4, 0.5) is 0 Å². The Morgan fingerprint density at radius 2 is 1.85 bits per heavy atom. The molecule has 0 saturated carbocycles. The van der Waals surface area contributed by atoms with Crippen LogP contribution in [-0.2, 0) is 6.42 Å². The van der Waals surface area contributed by atoms with Crippen molar-refractivity contribution < 1.29 is 4.74 Å². The molecule has 2 heteroatoms. The molecule has 1 aliphatic carbocycles. The quantitative estimate of drug-likeness (QED) is 0.866. The van der Waals surface area contributed by atoms with Gasteiger partial charge >= 0.3 is 0 Å². The SMILES string of the molecule is CNC(COc1ccccc1)CC1Cc2ccccc21. The molecule has 1 aliphatic rings. The monoisotopic (exact) mass is 267 g/mol. The average molecular weight is 267 g/mol. The third-order valence-electron chi connectivity index (χ3n) is 4.13. The van der Waals surface area contributed by atoms with E-state index in [0.29, 0.717) is 12.0 Å². The molecule has 0 radical (unpaired) electrons. The lowest BCUT2D eigenvalue weighted by Gasteiger charge is -2.33. The lowest BCUT2D eigenvalue weighted by Crippen LogP contribution is -2.35. The van der Waals surface area contributed by atoms with Crippen molar-refractivity contribution in [2.75, 3.05) is 13.7 Å². The van der Waals surface area contributed by atoms with E-state index in [1.54, 1.807) is 0 Å². The standard InChI is InChI=1S/C18H21NO/c1-19-16(13-20-17-8-3-2-4-9-17)12-15-11-14-7-5-6-10-18(14)15/h2-10,15-16,19H,11-13H2,1H3. The number of hydrogen-bond acceptors (Lipinski definition) is 2. The van der Waals surface area contributed by atoms with Crippen LogP contribution in [0.1, 0.15) is 23.5 Å². The van der Waals surface area contributed by atoms with Crippen LogP contribution < -0.4 is 10.1 Å². The average Bonchev–Trinajstić information content (AvgIpc) is 2.49. The minimum Gasteiger partial charge on any atom is -0.492 e. The topological polar surface area (TPSA) is 21.3 Å². The fourth-order valence-corrected chi connectivity index (χ4v) is 2.90. The summed E-state index contributed by atoms with van der Waals surface area (Å²) >= 11 is 0. The molecule has 1 N–H and O–H groups in total. The molecule has 0 bridgehead atoms. The van der Waals surface area contributed by atoms with Gasteiger partial charge in [0.05, 0.1) is 0 Å². The summed E-state index contributed by atoms with van der Waals surface area (Å²) in [6.45, 7) is 0.721. The van der Waals surface area contributed by atoms with Gasteiger partial charge in [0.1, 0.15) is 12.4 Å². The van der Waals surface area contributed by atoms with Crippen molar-refractivity contribution in [2.45, 2.75) is 24.8 Å². The summed E-state index contributed by atoms with van der Waals surface area (Å²) in [5.74, 6) is 1.63. The van der Waals surface area contributed by atoms with Crippen molar-refractivity contribution in [3.8, 4) is 5.75 Å². The van der Waals surface area contributed by atoms with E-state index in [0.717, 1.165) is 18.8 Å². The largest absolute Gasteiger partial charge is 0.492 e. The van der Waals surface area contributed by atoms with Gasteiger partial charge in [0.25, 0.3) is 0 Å². The molecule has 2 nitrogen and oxygen atoms in total. The van der Waals surface area contributed by atoms with Crippen LogP contribution in [0.15, 0.2) is 54.6 Å². The van der Waals surface area contributed by atoms with E-state index in [1.165, 1.54) is 17.5 Å². The summed E-state index contributed by atoms with van der Waals surface area (Å²) in [4.78, 5) is 0. The molecule has 0 fully saturated rings. The molecule has 2 aromatic carbocycles. The zero-order valence-corrected chi connectivity index (χ0v) is 11.9. The van der Waals surface area contributed by atoms with E-state index < -0.39 is 0 Å². The van der Waals surface area contributed by atoms with Gasteiger partial charge in [-0.2, -0.15) is 0 Å². The Hall–Kier alpha value is -1.80. The fraction of sp³-hybridized carbons (Fsp3) is 0.333. The van der Waals surface area contributed by atoms with Crippen LogP contribution in [0.25, 0.3) is 0 Å². The Morgan fingerprint density at radius 3 is 2.60 bits per heavy atom. The van der Waals surface area contributed by atoms with Crippen LogP contribution in [0.3, 0.4) is 0 Å². The number of para-hydroxylation sites is 1. The van der Waals surface area contributed by atoms with Gasteiger partial charge in [-0.1, -0.05) is 42.5 Å². The fourth-order valence-electron chi connectivity index (χ4n) is 2.90. The maximum absolute atomic E-state index is 5.85. The summed E-state index contributed by atoms with van der Waals surface area (Å²) in [5, 5.41) is 3.38. The highest BCUT2D eigenvalue weighted by molar-refractivity contribution is 5.39. The lowest BCUT2D eigenvalue weighted by molar-refractivity contribution is 0.253. The van der Waals surface area contributed by atoms with E-state index in [9.17, 15) is 0 Å². The first-order valence-corrected chi connectivity index (χ1v) is 7.29.